The minimum absolute atomic E-state index is 0.228. The number of phenolic OH excluding ortho intramolecular Hbond substituents is 1. The molecule has 0 saturated heterocycles. The second-order valence-corrected chi connectivity index (χ2v) is 3.61. The monoisotopic (exact) mass is 203 g/mol. The largest absolute Gasteiger partial charge is 0.507 e. The van der Waals surface area contributed by atoms with E-state index >= 15 is 0 Å². The first-order chi connectivity index (χ1) is 7.19. The summed E-state index contributed by atoms with van der Waals surface area (Å²) >= 11 is 0. The van der Waals surface area contributed by atoms with E-state index in [0.717, 1.165) is 29.2 Å². The van der Waals surface area contributed by atoms with Crippen LogP contribution in [-0.2, 0) is 13.5 Å². The van der Waals surface area contributed by atoms with E-state index in [-0.39, 0.29) is 5.75 Å². The van der Waals surface area contributed by atoms with Crippen molar-refractivity contribution in [2.45, 2.75) is 13.3 Å². The number of aldehydes is 1. The first-order valence-electron chi connectivity index (χ1n) is 4.94. The maximum absolute atomic E-state index is 10.8. The molecule has 0 saturated carbocycles. The van der Waals surface area contributed by atoms with Crippen LogP contribution in [0, 0.1) is 0 Å². The number of hydrogen-bond acceptors (Lipinski definition) is 2. The summed E-state index contributed by atoms with van der Waals surface area (Å²) in [6.45, 7) is 2.05. The number of aromatic hydroxyl groups is 1. The Morgan fingerprint density at radius 1 is 1.47 bits per heavy atom. The Bertz CT molecular complexity index is 526. The highest BCUT2D eigenvalue weighted by Gasteiger charge is 2.11. The van der Waals surface area contributed by atoms with E-state index in [4.69, 9.17) is 0 Å². The van der Waals surface area contributed by atoms with Crippen molar-refractivity contribution in [3.63, 3.8) is 0 Å². The highest BCUT2D eigenvalue weighted by molar-refractivity contribution is 5.94. The Labute approximate surface area is 87.9 Å². The van der Waals surface area contributed by atoms with Crippen LogP contribution in [0.15, 0.2) is 18.2 Å². The summed E-state index contributed by atoms with van der Waals surface area (Å²) in [6.07, 6.45) is 1.69. The number of aromatic nitrogens is 1. The van der Waals surface area contributed by atoms with E-state index in [2.05, 4.69) is 6.92 Å². The lowest BCUT2D eigenvalue weighted by atomic mass is 10.1. The molecule has 1 heterocycles. The van der Waals surface area contributed by atoms with Crippen LogP contribution in [0.25, 0.3) is 10.9 Å². The molecule has 0 radical (unpaired) electrons. The summed E-state index contributed by atoms with van der Waals surface area (Å²) < 4.78 is 1.82. The molecule has 1 aromatic carbocycles. The second kappa shape index (κ2) is 3.42. The van der Waals surface area contributed by atoms with E-state index in [0.29, 0.717) is 5.69 Å². The summed E-state index contributed by atoms with van der Waals surface area (Å²) in [5, 5.41) is 10.4. The lowest BCUT2D eigenvalue weighted by Crippen LogP contribution is -1.96. The first-order valence-corrected chi connectivity index (χ1v) is 4.94. The molecule has 0 atom stereocenters. The highest BCUT2D eigenvalue weighted by atomic mass is 16.3. The number of aryl methyl sites for hydroxylation is 2. The molecule has 2 rings (SSSR count). The summed E-state index contributed by atoms with van der Waals surface area (Å²) in [5.41, 5.74) is 2.67. The predicted molar refractivity (Wildman–Crippen MR) is 59.3 cm³/mol. The molecule has 0 fully saturated rings. The van der Waals surface area contributed by atoms with E-state index in [1.54, 1.807) is 12.1 Å². The molecule has 0 amide bonds. The molecule has 3 heteroatoms. The number of rotatable bonds is 2. The number of fused-ring (bicyclic) bond motifs is 1. The van der Waals surface area contributed by atoms with Gasteiger partial charge in [-0.25, -0.2) is 0 Å². The standard InChI is InChI=1S/C12H13NO2/c1-3-8-4-5-11(15)10-6-9(7-14)13(2)12(8)10/h4-7,15H,3H2,1-2H3. The number of nitrogens with zero attached hydrogens (tertiary/aromatic N) is 1. The van der Waals surface area contributed by atoms with E-state index in [1.165, 1.54) is 0 Å². The van der Waals surface area contributed by atoms with Gasteiger partial charge < -0.3 is 9.67 Å². The van der Waals surface area contributed by atoms with Crippen LogP contribution in [0.3, 0.4) is 0 Å². The number of benzene rings is 1. The Hall–Kier alpha value is -1.77. The van der Waals surface area contributed by atoms with Crippen molar-refractivity contribution in [1.29, 1.82) is 0 Å². The number of hydrogen-bond donors (Lipinski definition) is 1. The van der Waals surface area contributed by atoms with Crippen molar-refractivity contribution in [3.05, 3.63) is 29.5 Å². The van der Waals surface area contributed by atoms with Gasteiger partial charge in [0.05, 0.1) is 11.2 Å². The molecule has 0 aliphatic heterocycles. The van der Waals surface area contributed by atoms with Crippen molar-refractivity contribution >= 4 is 17.2 Å². The second-order valence-electron chi connectivity index (χ2n) is 3.61. The summed E-state index contributed by atoms with van der Waals surface area (Å²) in [5.74, 6) is 0.228. The lowest BCUT2D eigenvalue weighted by molar-refractivity contribution is 0.111. The smallest absolute Gasteiger partial charge is 0.166 e. The quantitative estimate of drug-likeness (QED) is 0.761. The van der Waals surface area contributed by atoms with Gasteiger partial charge in [-0.15, -0.1) is 0 Å². The lowest BCUT2D eigenvalue weighted by Gasteiger charge is -2.05. The van der Waals surface area contributed by atoms with Gasteiger partial charge in [-0.3, -0.25) is 4.79 Å². The summed E-state index contributed by atoms with van der Waals surface area (Å²) in [7, 11) is 1.84. The Balaban J connectivity index is 2.91. The molecule has 1 aromatic heterocycles. The Morgan fingerprint density at radius 3 is 2.80 bits per heavy atom. The molecular weight excluding hydrogens is 190 g/mol. The summed E-state index contributed by atoms with van der Waals surface area (Å²) in [4.78, 5) is 10.8. The van der Waals surface area contributed by atoms with Gasteiger partial charge in [0.25, 0.3) is 0 Å². The van der Waals surface area contributed by atoms with Crippen molar-refractivity contribution in [2.75, 3.05) is 0 Å². The summed E-state index contributed by atoms with van der Waals surface area (Å²) in [6, 6.07) is 5.29. The molecule has 0 unspecified atom stereocenters. The van der Waals surface area contributed by atoms with Gasteiger partial charge in [0.2, 0.25) is 0 Å². The molecule has 0 bridgehead atoms. The molecule has 0 aliphatic rings. The molecule has 78 valence electrons. The fourth-order valence-electron chi connectivity index (χ4n) is 1.95. The SMILES string of the molecule is CCc1ccc(O)c2cc(C=O)n(C)c12. The minimum atomic E-state index is 0.228. The van der Waals surface area contributed by atoms with Crippen LogP contribution in [0.4, 0.5) is 0 Å². The maximum Gasteiger partial charge on any atom is 0.166 e. The van der Waals surface area contributed by atoms with Crippen molar-refractivity contribution < 1.29 is 9.90 Å². The van der Waals surface area contributed by atoms with Crippen molar-refractivity contribution in [1.82, 2.24) is 4.57 Å². The molecule has 0 aliphatic carbocycles. The zero-order chi connectivity index (χ0) is 11.0. The minimum Gasteiger partial charge on any atom is -0.507 e. The third-order valence-corrected chi connectivity index (χ3v) is 2.79. The first kappa shape index (κ1) is 9.77. The van der Waals surface area contributed by atoms with Crippen LogP contribution in [0.1, 0.15) is 23.0 Å². The van der Waals surface area contributed by atoms with Gasteiger partial charge in [0.1, 0.15) is 5.75 Å². The molecule has 3 nitrogen and oxygen atoms in total. The molecule has 15 heavy (non-hydrogen) atoms. The fraction of sp³-hybridized carbons (Fsp3) is 0.250. The van der Waals surface area contributed by atoms with Crippen LogP contribution < -0.4 is 0 Å². The number of carbonyl (C=O) groups excluding carboxylic acids is 1. The third-order valence-electron chi connectivity index (χ3n) is 2.79. The topological polar surface area (TPSA) is 42.2 Å². The van der Waals surface area contributed by atoms with Crippen LogP contribution in [-0.4, -0.2) is 16.0 Å². The van der Waals surface area contributed by atoms with E-state index in [1.807, 2.05) is 17.7 Å². The van der Waals surface area contributed by atoms with Gasteiger partial charge in [0.15, 0.2) is 6.29 Å². The van der Waals surface area contributed by atoms with Gasteiger partial charge in [-0.1, -0.05) is 13.0 Å². The predicted octanol–water partition coefficient (Wildman–Crippen LogP) is 2.26. The van der Waals surface area contributed by atoms with Gasteiger partial charge in [-0.2, -0.15) is 0 Å². The van der Waals surface area contributed by atoms with Crippen molar-refractivity contribution in [2.24, 2.45) is 7.05 Å². The van der Waals surface area contributed by atoms with Gasteiger partial charge >= 0.3 is 0 Å². The zero-order valence-corrected chi connectivity index (χ0v) is 8.82. The number of phenols is 1. The molecular formula is C12H13NO2. The third kappa shape index (κ3) is 1.31. The highest BCUT2D eigenvalue weighted by Crippen LogP contribution is 2.29. The van der Waals surface area contributed by atoms with Crippen LogP contribution in [0.2, 0.25) is 0 Å². The van der Waals surface area contributed by atoms with Gasteiger partial charge in [-0.05, 0) is 24.1 Å². The van der Waals surface area contributed by atoms with E-state index in [9.17, 15) is 9.90 Å². The van der Waals surface area contributed by atoms with Crippen molar-refractivity contribution in [3.8, 4) is 5.75 Å². The van der Waals surface area contributed by atoms with Gasteiger partial charge in [0, 0.05) is 12.4 Å². The zero-order valence-electron chi connectivity index (χ0n) is 8.82. The molecule has 2 aromatic rings. The normalized spacial score (nSPS) is 10.8. The number of carbonyl (C=O) groups is 1. The van der Waals surface area contributed by atoms with E-state index < -0.39 is 0 Å². The Kier molecular flexibility index (Phi) is 2.23. The average Bonchev–Trinajstić information content (AvgIpc) is 2.58. The van der Waals surface area contributed by atoms with Crippen LogP contribution in [0.5, 0.6) is 5.75 Å². The maximum atomic E-state index is 10.8. The molecule has 1 N–H and O–H groups in total. The average molecular weight is 203 g/mol. The van der Waals surface area contributed by atoms with Crippen LogP contribution >= 0.6 is 0 Å². The molecule has 0 spiro atoms. The Morgan fingerprint density at radius 2 is 2.20 bits per heavy atom. The fourth-order valence-corrected chi connectivity index (χ4v) is 1.95.